The topological polar surface area (TPSA) is 71.1 Å². The molecule has 29 heavy (non-hydrogen) atoms. The van der Waals surface area contributed by atoms with Crippen LogP contribution in [0.1, 0.15) is 26.5 Å². The van der Waals surface area contributed by atoms with Gasteiger partial charge in [-0.3, -0.25) is 9.59 Å². The summed E-state index contributed by atoms with van der Waals surface area (Å²) in [7, 11) is 0. The quantitative estimate of drug-likeness (QED) is 0.596. The van der Waals surface area contributed by atoms with Crippen LogP contribution in [0.4, 0.5) is 13.2 Å². The van der Waals surface area contributed by atoms with E-state index in [-0.39, 0.29) is 30.2 Å². The summed E-state index contributed by atoms with van der Waals surface area (Å²) < 4.78 is 38.5. The monoisotopic (exact) mass is 421 g/mol. The molecule has 9 heteroatoms. The number of alkyl halides is 3. The Morgan fingerprint density at radius 1 is 1.03 bits per heavy atom. The van der Waals surface area contributed by atoms with Crippen molar-refractivity contribution in [1.29, 1.82) is 0 Å². The number of amides is 2. The molecule has 5 nitrogen and oxygen atoms in total. The smallest absolute Gasteiger partial charge is 0.354 e. The first-order valence-electron chi connectivity index (χ1n) is 8.82. The van der Waals surface area contributed by atoms with E-state index in [1.165, 1.54) is 6.07 Å². The second-order valence-corrected chi connectivity index (χ2v) is 7.37. The van der Waals surface area contributed by atoms with Gasteiger partial charge in [-0.2, -0.15) is 13.2 Å². The van der Waals surface area contributed by atoms with Gasteiger partial charge >= 0.3 is 6.18 Å². The lowest BCUT2D eigenvalue weighted by molar-refractivity contribution is -0.140. The summed E-state index contributed by atoms with van der Waals surface area (Å²) in [5, 5.41) is 5.91. The van der Waals surface area contributed by atoms with Crippen molar-refractivity contribution < 1.29 is 22.8 Å². The molecule has 3 rings (SSSR count). The van der Waals surface area contributed by atoms with Gasteiger partial charge in [0.05, 0.1) is 11.3 Å². The Bertz CT molecular complexity index is 1030. The highest BCUT2D eigenvalue weighted by Crippen LogP contribution is 2.34. The number of halogens is 3. The largest absolute Gasteiger partial charge is 0.433 e. The number of hydrogen-bond donors (Lipinski definition) is 2. The van der Waals surface area contributed by atoms with Crippen LogP contribution in [0.3, 0.4) is 0 Å². The molecule has 0 saturated heterocycles. The zero-order valence-electron chi connectivity index (χ0n) is 15.5. The highest BCUT2D eigenvalue weighted by Gasteiger charge is 2.33. The number of aromatic nitrogens is 1. The van der Waals surface area contributed by atoms with E-state index < -0.39 is 17.8 Å². The van der Waals surface area contributed by atoms with E-state index in [1.54, 1.807) is 6.92 Å². The third kappa shape index (κ3) is 5.11. The lowest BCUT2D eigenvalue weighted by Crippen LogP contribution is -2.35. The van der Waals surface area contributed by atoms with E-state index in [1.807, 2.05) is 30.3 Å². The van der Waals surface area contributed by atoms with Crippen LogP contribution >= 0.6 is 11.3 Å². The number of nitrogens with one attached hydrogen (secondary N) is 2. The maximum atomic E-state index is 12.8. The third-order valence-electron chi connectivity index (χ3n) is 4.24. The summed E-state index contributed by atoms with van der Waals surface area (Å²) in [5.41, 5.74) is 0.483. The van der Waals surface area contributed by atoms with Crippen molar-refractivity contribution in [2.45, 2.75) is 19.5 Å². The molecule has 0 unspecified atom stereocenters. The first-order valence-corrected chi connectivity index (χ1v) is 9.63. The Kier molecular flexibility index (Phi) is 6.17. The Balaban J connectivity index is 1.56. The molecule has 0 aliphatic rings. The maximum Gasteiger partial charge on any atom is 0.433 e. The van der Waals surface area contributed by atoms with E-state index in [9.17, 15) is 22.8 Å². The average Bonchev–Trinajstić information content (AvgIpc) is 3.01. The highest BCUT2D eigenvalue weighted by molar-refractivity contribution is 7.20. The van der Waals surface area contributed by atoms with Gasteiger partial charge in [0.1, 0.15) is 10.5 Å². The van der Waals surface area contributed by atoms with Gasteiger partial charge < -0.3 is 10.6 Å². The van der Waals surface area contributed by atoms with Gasteiger partial charge in [-0.1, -0.05) is 30.3 Å². The van der Waals surface area contributed by atoms with Crippen LogP contribution in [0.15, 0.2) is 42.5 Å². The number of thiophene rings is 1. The Labute approximate surface area is 169 Å². The fourth-order valence-electron chi connectivity index (χ4n) is 2.78. The van der Waals surface area contributed by atoms with E-state index in [0.29, 0.717) is 15.8 Å². The molecule has 0 aliphatic heterocycles. The minimum absolute atomic E-state index is 0.160. The zero-order valence-corrected chi connectivity index (χ0v) is 16.3. The number of carbonyl (C=O) groups excluding carboxylic acids is 2. The number of benzene rings is 1. The number of hydrogen-bond acceptors (Lipinski definition) is 4. The van der Waals surface area contributed by atoms with Crippen LogP contribution in [0, 0.1) is 6.92 Å². The number of carbonyl (C=O) groups is 2. The molecule has 0 radical (unpaired) electrons. The first kappa shape index (κ1) is 20.8. The molecule has 2 aromatic heterocycles. The van der Waals surface area contributed by atoms with Crippen molar-refractivity contribution in [2.75, 3.05) is 13.1 Å². The zero-order chi connectivity index (χ0) is 21.0. The molecule has 1 aromatic carbocycles. The highest BCUT2D eigenvalue weighted by atomic mass is 32.1. The predicted molar refractivity (Wildman–Crippen MR) is 105 cm³/mol. The number of rotatable bonds is 6. The summed E-state index contributed by atoms with van der Waals surface area (Å²) in [5.74, 6) is -0.566. The normalized spacial score (nSPS) is 11.4. The number of nitrogens with zero attached hydrogens (tertiary/aromatic N) is 1. The van der Waals surface area contributed by atoms with E-state index in [4.69, 9.17) is 0 Å². The lowest BCUT2D eigenvalue weighted by atomic mass is 10.1. The van der Waals surface area contributed by atoms with Crippen molar-refractivity contribution in [1.82, 2.24) is 15.6 Å². The molecular formula is C20H18F3N3O2S. The molecule has 0 fully saturated rings. The van der Waals surface area contributed by atoms with Crippen molar-refractivity contribution in [3.63, 3.8) is 0 Å². The second-order valence-electron chi connectivity index (χ2n) is 6.37. The second kappa shape index (κ2) is 8.60. The lowest BCUT2D eigenvalue weighted by Gasteiger charge is -2.07. The van der Waals surface area contributed by atoms with Gasteiger partial charge in [0.2, 0.25) is 5.91 Å². The molecular weight excluding hydrogens is 403 g/mol. The molecule has 0 bridgehead atoms. The first-order chi connectivity index (χ1) is 13.8. The Hall–Kier alpha value is -2.94. The molecule has 3 aromatic rings. The minimum Gasteiger partial charge on any atom is -0.354 e. The summed E-state index contributed by atoms with van der Waals surface area (Å²) in [6.45, 7) is 2.12. The van der Waals surface area contributed by atoms with Crippen LogP contribution < -0.4 is 10.6 Å². The van der Waals surface area contributed by atoms with Crippen molar-refractivity contribution in [2.24, 2.45) is 0 Å². The van der Waals surface area contributed by atoms with Crippen molar-refractivity contribution in [3.05, 3.63) is 64.2 Å². The van der Waals surface area contributed by atoms with Crippen LogP contribution in [0.5, 0.6) is 0 Å². The molecule has 0 spiro atoms. The summed E-state index contributed by atoms with van der Waals surface area (Å²) in [4.78, 5) is 28.4. The van der Waals surface area contributed by atoms with Gasteiger partial charge in [-0.25, -0.2) is 4.98 Å². The molecule has 0 aliphatic carbocycles. The van der Waals surface area contributed by atoms with Crippen LogP contribution in [-0.2, 0) is 17.4 Å². The Morgan fingerprint density at radius 2 is 1.72 bits per heavy atom. The summed E-state index contributed by atoms with van der Waals surface area (Å²) >= 11 is 0.918. The van der Waals surface area contributed by atoms with Gasteiger partial charge in [-0.05, 0) is 30.2 Å². The SMILES string of the molecule is Cc1c(C(=O)NCCNC(=O)Cc2ccccc2)sc2nc(C(F)(F)F)ccc12. The number of fused-ring (bicyclic) bond motifs is 1. The maximum absolute atomic E-state index is 12.8. The summed E-state index contributed by atoms with van der Waals surface area (Å²) in [6.07, 6.45) is -4.29. The van der Waals surface area contributed by atoms with E-state index in [2.05, 4.69) is 15.6 Å². The molecule has 2 heterocycles. The molecule has 2 amide bonds. The van der Waals surface area contributed by atoms with Crippen molar-refractivity contribution >= 4 is 33.4 Å². The molecule has 0 saturated carbocycles. The van der Waals surface area contributed by atoms with Crippen LogP contribution in [0.2, 0.25) is 0 Å². The standard InChI is InChI=1S/C20H18F3N3O2S/c1-12-14-7-8-15(20(21,22)23)26-19(14)29-17(12)18(28)25-10-9-24-16(27)11-13-5-3-2-4-6-13/h2-8H,9-11H2,1H3,(H,24,27)(H,25,28). The fourth-order valence-corrected chi connectivity index (χ4v) is 3.87. The third-order valence-corrected chi connectivity index (χ3v) is 5.44. The van der Waals surface area contributed by atoms with Gasteiger partial charge in [-0.15, -0.1) is 11.3 Å². The summed E-state index contributed by atoms with van der Waals surface area (Å²) in [6, 6.07) is 11.5. The van der Waals surface area contributed by atoms with E-state index >= 15 is 0 Å². The molecule has 0 atom stereocenters. The Morgan fingerprint density at radius 3 is 2.41 bits per heavy atom. The van der Waals surface area contributed by atoms with Gasteiger partial charge in [0, 0.05) is 18.5 Å². The van der Waals surface area contributed by atoms with Crippen molar-refractivity contribution in [3.8, 4) is 0 Å². The van der Waals surface area contributed by atoms with Gasteiger partial charge in [0.25, 0.3) is 5.91 Å². The number of aryl methyl sites for hydroxylation is 1. The minimum atomic E-state index is -4.54. The average molecular weight is 421 g/mol. The van der Waals surface area contributed by atoms with Crippen LogP contribution in [-0.4, -0.2) is 29.9 Å². The fraction of sp³-hybridized carbons (Fsp3) is 0.250. The molecule has 152 valence electrons. The number of pyridine rings is 1. The van der Waals surface area contributed by atoms with Crippen LogP contribution in [0.25, 0.3) is 10.2 Å². The van der Waals surface area contributed by atoms with E-state index in [0.717, 1.165) is 23.0 Å². The molecule has 2 N–H and O–H groups in total. The van der Waals surface area contributed by atoms with Gasteiger partial charge in [0.15, 0.2) is 0 Å². The predicted octanol–water partition coefficient (Wildman–Crippen LogP) is 3.71.